The molecule has 0 N–H and O–H groups in total. The molecule has 0 saturated carbocycles. The summed E-state index contributed by atoms with van der Waals surface area (Å²) in [6.07, 6.45) is 0. The van der Waals surface area contributed by atoms with Gasteiger partial charge in [0.1, 0.15) is 0 Å². The Morgan fingerprint density at radius 3 is 1.14 bits per heavy atom. The van der Waals surface area contributed by atoms with Crippen molar-refractivity contribution in [3.05, 3.63) is 0 Å². The van der Waals surface area contributed by atoms with Gasteiger partial charge in [0.2, 0.25) is 0 Å². The molecule has 0 bridgehead atoms. The van der Waals surface area contributed by atoms with E-state index in [1.54, 1.807) is 0 Å². The van der Waals surface area contributed by atoms with Crippen molar-refractivity contribution in [2.24, 2.45) is 0 Å². The molecule has 0 fully saturated rings. The van der Waals surface area contributed by atoms with E-state index in [9.17, 15) is 0 Å². The Bertz CT molecular complexity index is 57.8. The van der Waals surface area contributed by atoms with E-state index in [-0.39, 0.29) is 69.5 Å². The fourth-order valence-electron chi connectivity index (χ4n) is 0. The second-order valence-electron chi connectivity index (χ2n) is 0.447. The van der Waals surface area contributed by atoms with E-state index < -0.39 is 7.82 Å². The SMILES string of the molecule is O=P([O-])([O-])[O-].[Na+].[Th+4]. The van der Waals surface area contributed by atoms with Gasteiger partial charge in [-0.3, -0.25) is 0 Å². The first-order valence-electron chi connectivity index (χ1n) is 0.730. The van der Waals surface area contributed by atoms with Crippen LogP contribution in [0.1, 0.15) is 0 Å². The minimum atomic E-state index is -5.39. The summed E-state index contributed by atoms with van der Waals surface area (Å²) in [6.45, 7) is 0. The third kappa shape index (κ3) is 58.9. The maximum Gasteiger partial charge on any atom is 4.00 e. The molecule has 32 valence electrons. The van der Waals surface area contributed by atoms with Gasteiger partial charge in [0.15, 0.2) is 0 Å². The quantitative estimate of drug-likeness (QED) is 0.322. The van der Waals surface area contributed by atoms with Crippen LogP contribution in [0.15, 0.2) is 0 Å². The normalized spacial score (nSPS) is 8.43. The molecule has 0 heterocycles. The number of rotatable bonds is 0. The molecule has 0 rings (SSSR count). The predicted molar refractivity (Wildman–Crippen MR) is 7.61 cm³/mol. The van der Waals surface area contributed by atoms with E-state index in [4.69, 9.17) is 19.2 Å². The molecule has 0 radical (unpaired) electrons. The second-order valence-corrected chi connectivity index (χ2v) is 1.34. The van der Waals surface area contributed by atoms with Crippen molar-refractivity contribution in [1.82, 2.24) is 0 Å². The molecule has 0 amide bonds. The minimum absolute atomic E-state index is 0. The zero-order valence-electron chi connectivity index (χ0n) is 3.58. The molecular formula is NaO4PTh+2. The van der Waals surface area contributed by atoms with Crippen LogP contribution in [0, 0.1) is 39.9 Å². The van der Waals surface area contributed by atoms with E-state index in [1.165, 1.54) is 0 Å². The Hall–Kier alpha value is 2.43. The first kappa shape index (κ1) is 16.2. The standard InChI is InChI=1S/Na.H3O4P.Th/c;1-5(2,3)4;/h;(H3,1,2,3,4);/q+1;;+4/p-3. The Balaban J connectivity index is -0.0000000800. The summed E-state index contributed by atoms with van der Waals surface area (Å²) in [5.41, 5.74) is 0. The smallest absolute Gasteiger partial charge is 0.822 e. The Kier molecular flexibility index (Phi) is 15.2. The molecule has 7 heteroatoms. The van der Waals surface area contributed by atoms with Crippen LogP contribution in [-0.4, -0.2) is 0 Å². The zero-order chi connectivity index (χ0) is 4.50. The van der Waals surface area contributed by atoms with Crippen LogP contribution >= 0.6 is 7.82 Å². The van der Waals surface area contributed by atoms with Gasteiger partial charge in [-0.25, -0.2) is 0 Å². The molecule has 0 saturated heterocycles. The summed E-state index contributed by atoms with van der Waals surface area (Å²) >= 11 is 0. The minimum Gasteiger partial charge on any atom is -0.822 e. The van der Waals surface area contributed by atoms with Crippen LogP contribution in [0.2, 0.25) is 0 Å². The molecular weight excluding hydrogens is 350 g/mol. The number of phosphoric acid groups is 1. The van der Waals surface area contributed by atoms with E-state index in [0.29, 0.717) is 0 Å². The van der Waals surface area contributed by atoms with Gasteiger partial charge in [0.05, 0.1) is 0 Å². The summed E-state index contributed by atoms with van der Waals surface area (Å²) in [5, 5.41) is 0. The van der Waals surface area contributed by atoms with Crippen LogP contribution in [-0.2, 0) is 4.57 Å². The summed E-state index contributed by atoms with van der Waals surface area (Å²) in [6, 6.07) is 0. The Morgan fingerprint density at radius 2 is 1.14 bits per heavy atom. The molecule has 4 nitrogen and oxygen atoms in total. The molecule has 0 aliphatic carbocycles. The average molecular weight is 350 g/mol. The Labute approximate surface area is 94.9 Å². The molecule has 0 aromatic heterocycles. The molecule has 0 unspecified atom stereocenters. The van der Waals surface area contributed by atoms with Gasteiger partial charge in [-0.2, -0.15) is 7.82 Å². The predicted octanol–water partition coefficient (Wildman–Crippen LogP) is -5.82. The third-order valence-electron chi connectivity index (χ3n) is 0. The van der Waals surface area contributed by atoms with Crippen molar-refractivity contribution < 1.29 is 88.7 Å². The second kappa shape index (κ2) is 6.55. The van der Waals surface area contributed by atoms with Gasteiger partial charge in [-0.05, 0) is 0 Å². The maximum atomic E-state index is 8.55. The van der Waals surface area contributed by atoms with Gasteiger partial charge in [0.25, 0.3) is 0 Å². The first-order chi connectivity index (χ1) is 2.00. The summed E-state index contributed by atoms with van der Waals surface area (Å²) in [5.74, 6) is 0. The molecule has 0 aliphatic heterocycles. The molecule has 0 atom stereocenters. The van der Waals surface area contributed by atoms with Crippen molar-refractivity contribution in [2.45, 2.75) is 0 Å². The average Bonchev–Trinajstić information content (AvgIpc) is 0.722. The molecule has 7 heavy (non-hydrogen) atoms. The fourth-order valence-corrected chi connectivity index (χ4v) is 0. The van der Waals surface area contributed by atoms with Crippen LogP contribution < -0.4 is 44.2 Å². The number of hydrogen-bond acceptors (Lipinski definition) is 4. The molecule has 0 aromatic carbocycles. The Morgan fingerprint density at radius 1 is 1.14 bits per heavy atom. The van der Waals surface area contributed by atoms with E-state index >= 15 is 0 Å². The van der Waals surface area contributed by atoms with Gasteiger partial charge in [0, 0.05) is 0 Å². The summed E-state index contributed by atoms with van der Waals surface area (Å²) < 4.78 is 8.55. The van der Waals surface area contributed by atoms with Crippen molar-refractivity contribution in [2.75, 3.05) is 0 Å². The molecule has 0 spiro atoms. The van der Waals surface area contributed by atoms with Crippen LogP contribution in [0.25, 0.3) is 0 Å². The van der Waals surface area contributed by atoms with Gasteiger partial charge >= 0.3 is 69.5 Å². The van der Waals surface area contributed by atoms with Crippen molar-refractivity contribution in [3.63, 3.8) is 0 Å². The fraction of sp³-hybridized carbons (Fsp3) is 0. The zero-order valence-corrected chi connectivity index (χ0v) is 10.6. The molecule has 0 aromatic rings. The van der Waals surface area contributed by atoms with Crippen LogP contribution in [0.3, 0.4) is 0 Å². The van der Waals surface area contributed by atoms with E-state index in [1.807, 2.05) is 0 Å². The first-order valence-corrected chi connectivity index (χ1v) is 2.19. The van der Waals surface area contributed by atoms with Crippen LogP contribution in [0.4, 0.5) is 0 Å². The number of hydrogen-bond donors (Lipinski definition) is 0. The van der Waals surface area contributed by atoms with E-state index in [2.05, 4.69) is 0 Å². The van der Waals surface area contributed by atoms with Gasteiger partial charge in [-0.1, -0.05) is 0 Å². The van der Waals surface area contributed by atoms with Crippen molar-refractivity contribution in [3.8, 4) is 0 Å². The van der Waals surface area contributed by atoms with Crippen LogP contribution in [0.5, 0.6) is 0 Å². The van der Waals surface area contributed by atoms with Crippen molar-refractivity contribution in [1.29, 1.82) is 0 Å². The largest absolute Gasteiger partial charge is 4.00 e. The molecule has 0 aliphatic rings. The monoisotopic (exact) mass is 350 g/mol. The van der Waals surface area contributed by atoms with E-state index in [0.717, 1.165) is 0 Å². The summed E-state index contributed by atoms with van der Waals surface area (Å²) in [4.78, 5) is 25.6. The maximum absolute atomic E-state index is 8.55. The van der Waals surface area contributed by atoms with Gasteiger partial charge < -0.3 is 19.2 Å². The topological polar surface area (TPSA) is 86.2 Å². The van der Waals surface area contributed by atoms with Crippen molar-refractivity contribution >= 4 is 7.82 Å². The third-order valence-corrected chi connectivity index (χ3v) is 0. The van der Waals surface area contributed by atoms with Gasteiger partial charge in [-0.15, -0.1) is 0 Å². The summed E-state index contributed by atoms with van der Waals surface area (Å²) in [7, 11) is -5.39.